The molecule has 0 heterocycles. The topological polar surface area (TPSA) is 37.3 Å². The Labute approximate surface area is 68.5 Å². The maximum atomic E-state index is 12.6. The van der Waals surface area contributed by atoms with Crippen molar-refractivity contribution >= 4 is 6.29 Å². The molecule has 0 aliphatic heterocycles. The average Bonchev–Trinajstić information content (AvgIpc) is 2.03. The van der Waals surface area contributed by atoms with Gasteiger partial charge in [0.15, 0.2) is 6.29 Å². The number of rotatable bonds is 4. The summed E-state index contributed by atoms with van der Waals surface area (Å²) in [5.74, 6) is -1.55. The molecule has 0 aromatic heterocycles. The molecule has 0 rings (SSSR count). The van der Waals surface area contributed by atoms with Gasteiger partial charge >= 0.3 is 0 Å². The summed E-state index contributed by atoms with van der Waals surface area (Å²) < 4.78 is 24.1. The van der Waals surface area contributed by atoms with Crippen molar-refractivity contribution in [3.05, 3.63) is 35.9 Å². The third kappa shape index (κ3) is 3.65. The van der Waals surface area contributed by atoms with Crippen LogP contribution in [0.25, 0.3) is 0 Å². The van der Waals surface area contributed by atoms with E-state index in [0.29, 0.717) is 6.08 Å². The molecule has 66 valence electrons. The molecule has 0 bridgehead atoms. The highest BCUT2D eigenvalue weighted by Crippen LogP contribution is 2.08. The quantitative estimate of drug-likeness (QED) is 0.306. The minimum absolute atomic E-state index is 0.203. The summed E-state index contributed by atoms with van der Waals surface area (Å²) in [7, 11) is 0. The van der Waals surface area contributed by atoms with Crippen molar-refractivity contribution in [2.24, 2.45) is 0 Å². The summed E-state index contributed by atoms with van der Waals surface area (Å²) in [5.41, 5.74) is -0.395. The molecular weight excluding hydrogens is 166 g/mol. The van der Waals surface area contributed by atoms with Gasteiger partial charge in [0.25, 0.3) is 0 Å². The number of allylic oxidation sites excluding steroid dienone is 4. The van der Waals surface area contributed by atoms with Gasteiger partial charge in [0.2, 0.25) is 0 Å². The van der Waals surface area contributed by atoms with Gasteiger partial charge < -0.3 is 5.11 Å². The number of halogens is 2. The van der Waals surface area contributed by atoms with Crippen molar-refractivity contribution in [1.29, 1.82) is 0 Å². The highest BCUT2D eigenvalue weighted by atomic mass is 19.1. The molecule has 4 heteroatoms. The molecular formula is C8H8F2O2. The molecule has 0 fully saturated rings. The Kier molecular flexibility index (Phi) is 4.60. The molecule has 0 aromatic carbocycles. The molecule has 0 spiro atoms. The SMILES string of the molecule is C=C(C=O)/C(F)=C\C(O)=C/CF. The first kappa shape index (κ1) is 10.6. The van der Waals surface area contributed by atoms with Crippen LogP contribution >= 0.6 is 0 Å². The number of aliphatic hydroxyl groups excluding tert-OH is 1. The van der Waals surface area contributed by atoms with Gasteiger partial charge in [-0.05, 0) is 6.08 Å². The van der Waals surface area contributed by atoms with E-state index in [4.69, 9.17) is 5.11 Å². The fourth-order valence-corrected chi connectivity index (χ4v) is 0.417. The number of alkyl halides is 1. The van der Waals surface area contributed by atoms with Crippen LogP contribution in [0.2, 0.25) is 0 Å². The Morgan fingerprint density at radius 2 is 2.17 bits per heavy atom. The van der Waals surface area contributed by atoms with Gasteiger partial charge in [-0.2, -0.15) is 0 Å². The summed E-state index contributed by atoms with van der Waals surface area (Å²) >= 11 is 0. The molecule has 0 aliphatic rings. The van der Waals surface area contributed by atoms with Crippen molar-refractivity contribution in [2.75, 3.05) is 6.67 Å². The number of aliphatic hydroxyl groups is 1. The van der Waals surface area contributed by atoms with Crippen molar-refractivity contribution in [3.63, 3.8) is 0 Å². The lowest BCUT2D eigenvalue weighted by atomic mass is 10.2. The van der Waals surface area contributed by atoms with Gasteiger partial charge in [-0.15, -0.1) is 0 Å². The molecule has 0 amide bonds. The normalized spacial score (nSPS) is 12.8. The lowest BCUT2D eigenvalue weighted by molar-refractivity contribution is -0.104. The van der Waals surface area contributed by atoms with Gasteiger partial charge in [0.1, 0.15) is 18.3 Å². The van der Waals surface area contributed by atoms with E-state index in [-0.39, 0.29) is 6.29 Å². The van der Waals surface area contributed by atoms with E-state index in [1.54, 1.807) is 0 Å². The summed E-state index contributed by atoms with van der Waals surface area (Å²) in [6.07, 6.45) is 1.59. The molecule has 0 radical (unpaired) electrons. The Hall–Kier alpha value is -1.45. The molecule has 0 aliphatic carbocycles. The van der Waals surface area contributed by atoms with E-state index in [1.165, 1.54) is 0 Å². The van der Waals surface area contributed by atoms with E-state index in [0.717, 1.165) is 6.08 Å². The number of carbonyl (C=O) groups is 1. The van der Waals surface area contributed by atoms with Gasteiger partial charge in [-0.3, -0.25) is 4.79 Å². The second-order valence-corrected chi connectivity index (χ2v) is 1.92. The third-order valence-electron chi connectivity index (χ3n) is 1.01. The zero-order valence-corrected chi connectivity index (χ0v) is 6.26. The van der Waals surface area contributed by atoms with Crippen molar-refractivity contribution < 1.29 is 18.7 Å². The zero-order valence-electron chi connectivity index (χ0n) is 6.26. The van der Waals surface area contributed by atoms with Crippen LogP contribution < -0.4 is 0 Å². The minimum atomic E-state index is -0.979. The van der Waals surface area contributed by atoms with Gasteiger partial charge in [0, 0.05) is 11.6 Å². The first-order valence-corrected chi connectivity index (χ1v) is 3.08. The van der Waals surface area contributed by atoms with Crippen LogP contribution in [0, 0.1) is 0 Å². The molecule has 0 saturated carbocycles. The smallest absolute Gasteiger partial charge is 0.152 e. The zero-order chi connectivity index (χ0) is 9.56. The van der Waals surface area contributed by atoms with E-state index >= 15 is 0 Å². The summed E-state index contributed by atoms with van der Waals surface area (Å²) in [6, 6.07) is 0. The number of hydrogen-bond acceptors (Lipinski definition) is 2. The number of carbonyl (C=O) groups excluding carboxylic acids is 1. The summed E-state index contributed by atoms with van der Waals surface area (Å²) in [5, 5.41) is 8.71. The minimum Gasteiger partial charge on any atom is -0.508 e. The Morgan fingerprint density at radius 3 is 2.58 bits per heavy atom. The van der Waals surface area contributed by atoms with Crippen molar-refractivity contribution in [3.8, 4) is 0 Å². The monoisotopic (exact) mass is 174 g/mol. The van der Waals surface area contributed by atoms with E-state index in [2.05, 4.69) is 6.58 Å². The fraction of sp³-hybridized carbons (Fsp3) is 0.125. The fourth-order valence-electron chi connectivity index (χ4n) is 0.417. The van der Waals surface area contributed by atoms with Crippen LogP contribution in [0.5, 0.6) is 0 Å². The number of aldehydes is 1. The van der Waals surface area contributed by atoms with Crippen LogP contribution in [-0.2, 0) is 4.79 Å². The van der Waals surface area contributed by atoms with Crippen LogP contribution in [0.1, 0.15) is 0 Å². The molecule has 2 nitrogen and oxygen atoms in total. The van der Waals surface area contributed by atoms with Crippen LogP contribution in [0.15, 0.2) is 35.9 Å². The molecule has 0 saturated heterocycles. The first-order valence-electron chi connectivity index (χ1n) is 3.08. The van der Waals surface area contributed by atoms with Gasteiger partial charge in [-0.25, -0.2) is 8.78 Å². The second-order valence-electron chi connectivity index (χ2n) is 1.92. The lowest BCUT2D eigenvalue weighted by Crippen LogP contribution is -1.85. The maximum absolute atomic E-state index is 12.6. The third-order valence-corrected chi connectivity index (χ3v) is 1.01. The van der Waals surface area contributed by atoms with Gasteiger partial charge in [-0.1, -0.05) is 6.58 Å². The first-order chi connectivity index (χ1) is 5.61. The standard InChI is InChI=1S/C8H8F2O2/c1-6(5-11)8(10)4-7(12)2-3-9/h2,4-5,12H,1,3H2/b7-2+,8-4+. The van der Waals surface area contributed by atoms with Crippen molar-refractivity contribution in [1.82, 2.24) is 0 Å². The maximum Gasteiger partial charge on any atom is 0.152 e. The summed E-state index contributed by atoms with van der Waals surface area (Å²) in [6.45, 7) is 2.14. The molecule has 1 N–H and O–H groups in total. The van der Waals surface area contributed by atoms with Gasteiger partial charge in [0.05, 0.1) is 0 Å². The molecule has 0 atom stereocenters. The Bertz CT molecular complexity index is 241. The van der Waals surface area contributed by atoms with E-state index in [1.807, 2.05) is 0 Å². The lowest BCUT2D eigenvalue weighted by Gasteiger charge is -1.92. The summed E-state index contributed by atoms with van der Waals surface area (Å²) in [4.78, 5) is 9.93. The Balaban J connectivity index is 4.45. The predicted molar refractivity (Wildman–Crippen MR) is 41.1 cm³/mol. The van der Waals surface area contributed by atoms with Crippen LogP contribution in [0.4, 0.5) is 8.78 Å². The highest BCUT2D eigenvalue weighted by molar-refractivity contribution is 5.78. The highest BCUT2D eigenvalue weighted by Gasteiger charge is 1.99. The van der Waals surface area contributed by atoms with Crippen LogP contribution in [-0.4, -0.2) is 18.1 Å². The number of hydrogen-bond donors (Lipinski definition) is 1. The molecule has 12 heavy (non-hydrogen) atoms. The van der Waals surface area contributed by atoms with E-state index in [9.17, 15) is 13.6 Å². The van der Waals surface area contributed by atoms with Crippen LogP contribution in [0.3, 0.4) is 0 Å². The molecule has 0 aromatic rings. The molecule has 0 unspecified atom stereocenters. The van der Waals surface area contributed by atoms with E-state index < -0.39 is 23.8 Å². The predicted octanol–water partition coefficient (Wildman–Crippen LogP) is 2.01. The average molecular weight is 174 g/mol. The Morgan fingerprint density at radius 1 is 1.58 bits per heavy atom. The second kappa shape index (κ2) is 5.23. The largest absolute Gasteiger partial charge is 0.508 e. The van der Waals surface area contributed by atoms with Crippen molar-refractivity contribution in [2.45, 2.75) is 0 Å².